The number of methoxy groups -OCH3 is 1. The minimum atomic E-state index is -4.63. The normalized spacial score (nSPS) is 12.0. The molecule has 0 aliphatic rings. The Hall–Kier alpha value is -3.36. The van der Waals surface area contributed by atoms with Crippen molar-refractivity contribution < 1.29 is 17.9 Å². The van der Waals surface area contributed by atoms with Gasteiger partial charge in [-0.2, -0.15) is 13.2 Å². The average molecular weight is 374 g/mol. The van der Waals surface area contributed by atoms with Gasteiger partial charge in [0, 0.05) is 12.4 Å². The highest BCUT2D eigenvalue weighted by molar-refractivity contribution is 6.01. The van der Waals surface area contributed by atoms with Gasteiger partial charge >= 0.3 is 6.18 Å². The smallest absolute Gasteiger partial charge is 0.433 e. The first kappa shape index (κ1) is 17.1. The number of fused-ring (bicyclic) bond motifs is 3. The van der Waals surface area contributed by atoms with Crippen LogP contribution >= 0.6 is 0 Å². The van der Waals surface area contributed by atoms with E-state index in [1.807, 2.05) is 0 Å². The second-order valence-electron chi connectivity index (χ2n) is 5.96. The number of hydrogen-bond acceptors (Lipinski definition) is 4. The Morgan fingerprint density at radius 3 is 2.41 bits per heavy atom. The van der Waals surface area contributed by atoms with Crippen molar-refractivity contribution in [2.75, 3.05) is 7.11 Å². The summed E-state index contributed by atoms with van der Waals surface area (Å²) in [6, 6.07) is 8.60. The maximum Gasteiger partial charge on any atom is 0.433 e. The van der Waals surface area contributed by atoms with Gasteiger partial charge in [0.1, 0.15) is 17.1 Å². The van der Waals surface area contributed by atoms with E-state index >= 15 is 0 Å². The van der Waals surface area contributed by atoms with Crippen LogP contribution in [0, 0.1) is 0 Å². The first-order valence-electron chi connectivity index (χ1n) is 7.89. The predicted molar refractivity (Wildman–Crippen MR) is 93.2 cm³/mol. The number of aryl methyl sites for hydroxylation is 1. The van der Waals surface area contributed by atoms with Gasteiger partial charge in [-0.1, -0.05) is 0 Å². The molecule has 0 N–H and O–H groups in total. The van der Waals surface area contributed by atoms with Crippen LogP contribution in [0.5, 0.6) is 5.75 Å². The third kappa shape index (κ3) is 2.62. The Morgan fingerprint density at radius 1 is 1.07 bits per heavy atom. The van der Waals surface area contributed by atoms with E-state index in [0.717, 1.165) is 10.6 Å². The summed E-state index contributed by atoms with van der Waals surface area (Å²) in [5.41, 5.74) is -0.752. The van der Waals surface area contributed by atoms with Gasteiger partial charge in [0.25, 0.3) is 5.56 Å². The molecule has 0 saturated heterocycles. The van der Waals surface area contributed by atoms with Crippen molar-refractivity contribution in [1.82, 2.24) is 19.1 Å². The average Bonchev–Trinajstić information content (AvgIpc) is 3.03. The number of aromatic nitrogens is 4. The molecule has 1 aromatic carbocycles. The van der Waals surface area contributed by atoms with E-state index in [2.05, 4.69) is 9.97 Å². The summed E-state index contributed by atoms with van der Waals surface area (Å²) < 4.78 is 47.4. The van der Waals surface area contributed by atoms with Crippen LogP contribution in [0.1, 0.15) is 5.69 Å². The molecule has 0 saturated carbocycles. The first-order valence-corrected chi connectivity index (χ1v) is 7.89. The Kier molecular flexibility index (Phi) is 3.69. The zero-order valence-corrected chi connectivity index (χ0v) is 14.3. The molecule has 0 amide bonds. The first-order chi connectivity index (χ1) is 12.8. The second kappa shape index (κ2) is 5.83. The van der Waals surface area contributed by atoms with Gasteiger partial charge in [-0.3, -0.25) is 9.36 Å². The maximum absolute atomic E-state index is 13.2. The molecule has 138 valence electrons. The predicted octanol–water partition coefficient (Wildman–Crippen LogP) is 3.30. The number of halogens is 3. The van der Waals surface area contributed by atoms with Crippen LogP contribution in [0.3, 0.4) is 0 Å². The van der Waals surface area contributed by atoms with Crippen LogP contribution in [0.4, 0.5) is 13.2 Å². The molecule has 27 heavy (non-hydrogen) atoms. The summed E-state index contributed by atoms with van der Waals surface area (Å²) in [6.07, 6.45) is -3.18. The van der Waals surface area contributed by atoms with Crippen molar-refractivity contribution in [2.45, 2.75) is 6.18 Å². The Balaban J connectivity index is 2.16. The fourth-order valence-electron chi connectivity index (χ4n) is 3.04. The van der Waals surface area contributed by atoms with Crippen LogP contribution < -0.4 is 10.3 Å². The lowest BCUT2D eigenvalue weighted by Crippen LogP contribution is -2.21. The molecule has 0 spiro atoms. The molecular formula is C18H13F3N4O2. The summed E-state index contributed by atoms with van der Waals surface area (Å²) in [5.74, 6) is 0.555. The van der Waals surface area contributed by atoms with E-state index in [1.165, 1.54) is 19.5 Å². The lowest BCUT2D eigenvalue weighted by Gasteiger charge is -2.13. The molecule has 0 radical (unpaired) electrons. The molecule has 0 unspecified atom stereocenters. The molecule has 3 aromatic heterocycles. The lowest BCUT2D eigenvalue weighted by molar-refractivity contribution is -0.141. The van der Waals surface area contributed by atoms with Crippen molar-refractivity contribution in [1.29, 1.82) is 0 Å². The monoisotopic (exact) mass is 374 g/mol. The van der Waals surface area contributed by atoms with E-state index in [-0.39, 0.29) is 11.2 Å². The van der Waals surface area contributed by atoms with Crippen molar-refractivity contribution in [3.8, 4) is 11.4 Å². The van der Waals surface area contributed by atoms with Crippen LogP contribution in [0.25, 0.3) is 27.8 Å². The largest absolute Gasteiger partial charge is 0.497 e. The third-order valence-electron chi connectivity index (χ3n) is 4.31. The topological polar surface area (TPSA) is 61.9 Å². The summed E-state index contributed by atoms with van der Waals surface area (Å²) in [4.78, 5) is 20.9. The van der Waals surface area contributed by atoms with Crippen molar-refractivity contribution in [3.63, 3.8) is 0 Å². The number of rotatable bonds is 2. The highest BCUT2D eigenvalue weighted by Crippen LogP contribution is 2.31. The molecule has 6 nitrogen and oxygen atoms in total. The molecule has 4 aromatic rings. The van der Waals surface area contributed by atoms with Crippen LogP contribution in [0.15, 0.2) is 47.5 Å². The van der Waals surface area contributed by atoms with Gasteiger partial charge in [-0.15, -0.1) is 0 Å². The molecule has 0 fully saturated rings. The molecule has 9 heteroatoms. The number of imidazole rings is 1. The molecule has 4 rings (SSSR count). The third-order valence-corrected chi connectivity index (χ3v) is 4.31. The fourth-order valence-corrected chi connectivity index (χ4v) is 3.04. The van der Waals surface area contributed by atoms with Crippen LogP contribution in [0.2, 0.25) is 0 Å². The highest BCUT2D eigenvalue weighted by atomic mass is 19.4. The molecule has 0 atom stereocenters. The number of nitrogens with zero attached hydrogens (tertiary/aromatic N) is 4. The van der Waals surface area contributed by atoms with Gasteiger partial charge in [-0.25, -0.2) is 9.97 Å². The van der Waals surface area contributed by atoms with Crippen LogP contribution in [-0.4, -0.2) is 26.2 Å². The number of alkyl halides is 3. The zero-order chi connectivity index (χ0) is 19.3. The van der Waals surface area contributed by atoms with E-state index in [9.17, 15) is 18.0 Å². The van der Waals surface area contributed by atoms with Gasteiger partial charge in [-0.05, 0) is 36.4 Å². The second-order valence-corrected chi connectivity index (χ2v) is 5.96. The van der Waals surface area contributed by atoms with Gasteiger partial charge in [0.2, 0.25) is 0 Å². The Labute approximate surface area is 150 Å². The molecular weight excluding hydrogens is 361 g/mol. The summed E-state index contributed by atoms with van der Waals surface area (Å²) in [6.45, 7) is 0. The maximum atomic E-state index is 13.2. The number of benzene rings is 1. The van der Waals surface area contributed by atoms with Crippen molar-refractivity contribution in [3.05, 3.63) is 58.8 Å². The van der Waals surface area contributed by atoms with E-state index in [4.69, 9.17) is 4.74 Å². The number of pyridine rings is 2. The quantitative estimate of drug-likeness (QED) is 0.540. The summed E-state index contributed by atoms with van der Waals surface area (Å²) in [5, 5.41) is 0.397. The molecule has 0 bridgehead atoms. The zero-order valence-electron chi connectivity index (χ0n) is 14.3. The van der Waals surface area contributed by atoms with Gasteiger partial charge < -0.3 is 9.30 Å². The Morgan fingerprint density at radius 2 is 1.78 bits per heavy atom. The lowest BCUT2D eigenvalue weighted by atomic mass is 10.2. The standard InChI is InChI=1S/C18H13F3N4O2/c1-24-9-22-14-15(24)12-7-8-13(18(19,20)21)23-16(12)25(17(14)26)10-3-5-11(27-2)6-4-10/h3-9H,1-2H3. The molecule has 0 aliphatic carbocycles. The van der Waals surface area contributed by atoms with Gasteiger partial charge in [0.15, 0.2) is 5.52 Å². The minimum absolute atomic E-state index is 0.0870. The van der Waals surface area contributed by atoms with Gasteiger partial charge in [0.05, 0.1) is 24.6 Å². The minimum Gasteiger partial charge on any atom is -0.497 e. The summed E-state index contributed by atoms with van der Waals surface area (Å²) in [7, 11) is 3.16. The fraction of sp³-hybridized carbons (Fsp3) is 0.167. The number of hydrogen-bond donors (Lipinski definition) is 0. The molecule has 3 heterocycles. The SMILES string of the molecule is COc1ccc(-n2c(=O)c3ncn(C)c3c3ccc(C(F)(F)F)nc32)cc1. The van der Waals surface area contributed by atoms with E-state index < -0.39 is 17.4 Å². The van der Waals surface area contributed by atoms with E-state index in [1.54, 1.807) is 35.9 Å². The summed E-state index contributed by atoms with van der Waals surface area (Å²) >= 11 is 0. The van der Waals surface area contributed by atoms with Crippen LogP contribution in [-0.2, 0) is 13.2 Å². The van der Waals surface area contributed by atoms with Crippen molar-refractivity contribution >= 4 is 22.1 Å². The number of ether oxygens (including phenoxy) is 1. The van der Waals surface area contributed by atoms with E-state index in [0.29, 0.717) is 22.3 Å². The van der Waals surface area contributed by atoms with Crippen molar-refractivity contribution in [2.24, 2.45) is 7.05 Å². The Bertz CT molecular complexity index is 1220. The highest BCUT2D eigenvalue weighted by Gasteiger charge is 2.33. The molecule has 0 aliphatic heterocycles.